The Bertz CT molecular complexity index is 586. The van der Waals surface area contributed by atoms with Crippen LogP contribution >= 0.6 is 0 Å². The standard InChI is InChI=1S/C16H12O/c1-13(17)16-9-5-8-15(12-16)11-10-14-6-3-2-4-7-14/h2-9,12H,1H3. The average molecular weight is 220 g/mol. The van der Waals surface area contributed by atoms with E-state index in [0.29, 0.717) is 5.56 Å². The van der Waals surface area contributed by atoms with Gasteiger partial charge in [-0.05, 0) is 31.2 Å². The van der Waals surface area contributed by atoms with Gasteiger partial charge in [-0.25, -0.2) is 0 Å². The van der Waals surface area contributed by atoms with Crippen molar-refractivity contribution in [2.75, 3.05) is 0 Å². The summed E-state index contributed by atoms with van der Waals surface area (Å²) in [4.78, 5) is 11.2. The molecular formula is C16H12O. The minimum absolute atomic E-state index is 0.0633. The maximum absolute atomic E-state index is 11.2. The van der Waals surface area contributed by atoms with Crippen LogP contribution < -0.4 is 0 Å². The Morgan fingerprint density at radius 3 is 2.24 bits per heavy atom. The number of carbonyl (C=O) groups is 1. The molecule has 0 saturated carbocycles. The van der Waals surface area contributed by atoms with Crippen molar-refractivity contribution in [3.05, 3.63) is 71.3 Å². The molecule has 2 rings (SSSR count). The van der Waals surface area contributed by atoms with Crippen LogP contribution in [0.4, 0.5) is 0 Å². The van der Waals surface area contributed by atoms with Crippen molar-refractivity contribution in [1.29, 1.82) is 0 Å². The van der Waals surface area contributed by atoms with E-state index in [2.05, 4.69) is 11.8 Å². The lowest BCUT2D eigenvalue weighted by atomic mass is 10.1. The van der Waals surface area contributed by atoms with E-state index in [-0.39, 0.29) is 5.78 Å². The molecule has 2 aromatic carbocycles. The molecule has 0 N–H and O–H groups in total. The molecule has 0 heterocycles. The molecule has 0 amide bonds. The first-order valence-corrected chi connectivity index (χ1v) is 5.44. The maximum atomic E-state index is 11.2. The van der Waals surface area contributed by atoms with Crippen molar-refractivity contribution < 1.29 is 4.79 Å². The Morgan fingerprint density at radius 1 is 0.882 bits per heavy atom. The number of hydrogen-bond donors (Lipinski definition) is 0. The van der Waals surface area contributed by atoms with Crippen LogP contribution in [0.2, 0.25) is 0 Å². The normalized spacial score (nSPS) is 9.24. The van der Waals surface area contributed by atoms with Gasteiger partial charge in [-0.3, -0.25) is 4.79 Å². The SMILES string of the molecule is CC(=O)c1cccc(C#Cc2ccccc2)c1. The number of benzene rings is 2. The first-order valence-electron chi connectivity index (χ1n) is 5.44. The van der Waals surface area contributed by atoms with Crippen LogP contribution in [0.3, 0.4) is 0 Å². The molecule has 0 aromatic heterocycles. The predicted octanol–water partition coefficient (Wildman–Crippen LogP) is 3.29. The quantitative estimate of drug-likeness (QED) is 0.532. The third-order valence-corrected chi connectivity index (χ3v) is 2.39. The molecule has 2 aromatic rings. The van der Waals surface area contributed by atoms with Crippen molar-refractivity contribution >= 4 is 5.78 Å². The van der Waals surface area contributed by atoms with Crippen molar-refractivity contribution in [1.82, 2.24) is 0 Å². The Kier molecular flexibility index (Phi) is 3.37. The second kappa shape index (κ2) is 5.14. The fraction of sp³-hybridized carbons (Fsp3) is 0.0625. The van der Waals surface area contributed by atoms with Gasteiger partial charge < -0.3 is 0 Å². The van der Waals surface area contributed by atoms with Gasteiger partial charge in [0.2, 0.25) is 0 Å². The van der Waals surface area contributed by atoms with Crippen LogP contribution in [-0.2, 0) is 0 Å². The summed E-state index contributed by atoms with van der Waals surface area (Å²) >= 11 is 0. The van der Waals surface area contributed by atoms with Crippen molar-refractivity contribution in [2.24, 2.45) is 0 Å². The third-order valence-electron chi connectivity index (χ3n) is 2.39. The van der Waals surface area contributed by atoms with E-state index in [0.717, 1.165) is 11.1 Å². The second-order valence-electron chi connectivity index (χ2n) is 3.75. The molecule has 0 bridgehead atoms. The van der Waals surface area contributed by atoms with Crippen LogP contribution in [0.15, 0.2) is 54.6 Å². The van der Waals surface area contributed by atoms with Crippen LogP contribution in [0.5, 0.6) is 0 Å². The molecule has 1 heteroatoms. The fourth-order valence-corrected chi connectivity index (χ4v) is 1.48. The lowest BCUT2D eigenvalue weighted by Crippen LogP contribution is -1.91. The Balaban J connectivity index is 2.28. The molecule has 0 atom stereocenters. The zero-order valence-electron chi connectivity index (χ0n) is 9.60. The number of carbonyl (C=O) groups excluding carboxylic acids is 1. The van der Waals surface area contributed by atoms with E-state index in [1.165, 1.54) is 0 Å². The van der Waals surface area contributed by atoms with Gasteiger partial charge >= 0.3 is 0 Å². The maximum Gasteiger partial charge on any atom is 0.159 e. The summed E-state index contributed by atoms with van der Waals surface area (Å²) in [5.74, 6) is 6.18. The van der Waals surface area contributed by atoms with Crippen molar-refractivity contribution in [3.63, 3.8) is 0 Å². The van der Waals surface area contributed by atoms with Crippen LogP contribution in [0.1, 0.15) is 28.4 Å². The summed E-state index contributed by atoms with van der Waals surface area (Å²) < 4.78 is 0. The summed E-state index contributed by atoms with van der Waals surface area (Å²) in [6, 6.07) is 17.2. The summed E-state index contributed by atoms with van der Waals surface area (Å²) in [6.45, 7) is 1.56. The molecule has 17 heavy (non-hydrogen) atoms. The monoisotopic (exact) mass is 220 g/mol. The molecule has 0 spiro atoms. The van der Waals surface area contributed by atoms with E-state index in [1.807, 2.05) is 48.5 Å². The van der Waals surface area contributed by atoms with Gasteiger partial charge in [0.1, 0.15) is 0 Å². The Morgan fingerprint density at radius 2 is 1.53 bits per heavy atom. The van der Waals surface area contributed by atoms with E-state index < -0.39 is 0 Å². The van der Waals surface area contributed by atoms with Crippen molar-refractivity contribution in [2.45, 2.75) is 6.92 Å². The number of rotatable bonds is 1. The van der Waals surface area contributed by atoms with Crippen molar-refractivity contribution in [3.8, 4) is 11.8 Å². The molecule has 0 aliphatic carbocycles. The summed E-state index contributed by atoms with van der Waals surface area (Å²) in [5, 5.41) is 0. The van der Waals surface area contributed by atoms with E-state index >= 15 is 0 Å². The lowest BCUT2D eigenvalue weighted by Gasteiger charge is -1.95. The highest BCUT2D eigenvalue weighted by Gasteiger charge is 1.97. The highest BCUT2D eigenvalue weighted by molar-refractivity contribution is 5.94. The molecule has 82 valence electrons. The zero-order valence-corrected chi connectivity index (χ0v) is 9.60. The highest BCUT2D eigenvalue weighted by Crippen LogP contribution is 2.05. The molecule has 0 unspecified atom stereocenters. The minimum Gasteiger partial charge on any atom is -0.295 e. The van der Waals surface area contributed by atoms with Crippen LogP contribution in [-0.4, -0.2) is 5.78 Å². The average Bonchev–Trinajstić information content (AvgIpc) is 2.38. The number of hydrogen-bond acceptors (Lipinski definition) is 1. The second-order valence-corrected chi connectivity index (χ2v) is 3.75. The first-order chi connectivity index (χ1) is 8.25. The minimum atomic E-state index is 0.0633. The summed E-state index contributed by atoms with van der Waals surface area (Å²) in [6.07, 6.45) is 0. The highest BCUT2D eigenvalue weighted by atomic mass is 16.1. The third kappa shape index (κ3) is 3.06. The van der Waals surface area contributed by atoms with Gasteiger partial charge in [-0.15, -0.1) is 0 Å². The predicted molar refractivity (Wildman–Crippen MR) is 68.9 cm³/mol. The topological polar surface area (TPSA) is 17.1 Å². The lowest BCUT2D eigenvalue weighted by molar-refractivity contribution is 0.101. The zero-order chi connectivity index (χ0) is 12.1. The van der Waals surface area contributed by atoms with Gasteiger partial charge in [-0.1, -0.05) is 42.2 Å². The van der Waals surface area contributed by atoms with E-state index in [9.17, 15) is 4.79 Å². The van der Waals surface area contributed by atoms with E-state index in [1.54, 1.807) is 13.0 Å². The smallest absolute Gasteiger partial charge is 0.159 e. The molecular weight excluding hydrogens is 208 g/mol. The summed E-state index contributed by atoms with van der Waals surface area (Å²) in [7, 11) is 0. The van der Waals surface area contributed by atoms with Gasteiger partial charge in [0, 0.05) is 16.7 Å². The molecule has 1 nitrogen and oxygen atoms in total. The molecule has 0 aliphatic heterocycles. The van der Waals surface area contributed by atoms with E-state index in [4.69, 9.17) is 0 Å². The van der Waals surface area contributed by atoms with Gasteiger partial charge in [0.05, 0.1) is 0 Å². The Hall–Kier alpha value is -2.33. The molecule has 0 aliphatic rings. The van der Waals surface area contributed by atoms with Crippen LogP contribution in [0, 0.1) is 11.8 Å². The van der Waals surface area contributed by atoms with Gasteiger partial charge in [0.15, 0.2) is 5.78 Å². The van der Waals surface area contributed by atoms with Gasteiger partial charge in [-0.2, -0.15) is 0 Å². The summed E-state index contributed by atoms with van der Waals surface area (Å²) in [5.41, 5.74) is 2.53. The molecule has 0 radical (unpaired) electrons. The number of Topliss-reactive ketones (excluding diaryl/α,β-unsaturated/α-hetero) is 1. The largest absolute Gasteiger partial charge is 0.295 e. The van der Waals surface area contributed by atoms with Gasteiger partial charge in [0.25, 0.3) is 0 Å². The Labute approximate surface area is 101 Å². The molecule has 0 saturated heterocycles. The fourth-order valence-electron chi connectivity index (χ4n) is 1.48. The molecule has 0 fully saturated rings. The number of ketones is 1. The first kappa shape index (κ1) is 11.2. The van der Waals surface area contributed by atoms with Crippen LogP contribution in [0.25, 0.3) is 0 Å².